The van der Waals surface area contributed by atoms with Gasteiger partial charge in [0.2, 0.25) is 0 Å². The third kappa shape index (κ3) is 4.53. The van der Waals surface area contributed by atoms with E-state index in [-0.39, 0.29) is 17.7 Å². The third-order valence-electron chi connectivity index (χ3n) is 5.46. The highest BCUT2D eigenvalue weighted by Crippen LogP contribution is 2.30. The molecule has 154 valence electrons. The molecule has 0 aliphatic carbocycles. The fraction of sp³-hybridized carbons (Fsp3) is 0.391. The second-order valence-electron chi connectivity index (χ2n) is 7.42. The number of likely N-dealkylation sites (tertiary alicyclic amines) is 1. The Hall–Kier alpha value is -3.02. The fourth-order valence-electron chi connectivity index (χ4n) is 3.80. The molecule has 0 saturated carbocycles. The van der Waals surface area contributed by atoms with Gasteiger partial charge in [-0.15, -0.1) is 0 Å². The molecule has 6 nitrogen and oxygen atoms in total. The molecule has 1 atom stereocenters. The summed E-state index contributed by atoms with van der Waals surface area (Å²) in [7, 11) is 3.11. The van der Waals surface area contributed by atoms with Gasteiger partial charge in [0.25, 0.3) is 0 Å². The Balaban J connectivity index is 1.71. The minimum absolute atomic E-state index is 0.0236. The first-order chi connectivity index (χ1) is 13.9. The number of nitrogens with one attached hydrogen (secondary N) is 1. The normalized spacial score (nSPS) is 16.3. The van der Waals surface area contributed by atoms with Gasteiger partial charge in [0.15, 0.2) is 17.3 Å². The number of carbonyl (C=O) groups excluding carboxylic acids is 2. The maximum Gasteiger partial charge on any atom is 0.321 e. The van der Waals surface area contributed by atoms with Crippen molar-refractivity contribution >= 4 is 17.5 Å². The number of aryl methyl sites for hydroxylation is 2. The quantitative estimate of drug-likeness (QED) is 0.759. The summed E-state index contributed by atoms with van der Waals surface area (Å²) in [6.45, 7) is 5.00. The first-order valence-corrected chi connectivity index (χ1v) is 9.83. The van der Waals surface area contributed by atoms with E-state index in [1.807, 2.05) is 32.0 Å². The molecule has 0 spiro atoms. The largest absolute Gasteiger partial charge is 0.493 e. The van der Waals surface area contributed by atoms with Crippen LogP contribution in [-0.2, 0) is 0 Å². The average Bonchev–Trinajstić information content (AvgIpc) is 2.75. The van der Waals surface area contributed by atoms with Gasteiger partial charge < -0.3 is 19.7 Å². The van der Waals surface area contributed by atoms with Gasteiger partial charge in [0.1, 0.15) is 0 Å². The molecule has 6 heteroatoms. The summed E-state index contributed by atoms with van der Waals surface area (Å²) in [5.41, 5.74) is 3.46. The number of benzene rings is 2. The lowest BCUT2D eigenvalue weighted by molar-refractivity contribution is 0.0851. The maximum absolute atomic E-state index is 13.0. The maximum atomic E-state index is 13.0. The summed E-state index contributed by atoms with van der Waals surface area (Å²) in [5, 5.41) is 3.02. The highest BCUT2D eigenvalue weighted by Gasteiger charge is 2.29. The molecular formula is C23H28N2O4. The van der Waals surface area contributed by atoms with Crippen LogP contribution in [0.5, 0.6) is 11.5 Å². The van der Waals surface area contributed by atoms with E-state index in [0.717, 1.165) is 29.7 Å². The third-order valence-corrected chi connectivity index (χ3v) is 5.46. The number of para-hydroxylation sites is 1. The fourth-order valence-corrected chi connectivity index (χ4v) is 3.80. The number of nitrogens with zero attached hydrogens (tertiary/aromatic N) is 1. The summed E-state index contributed by atoms with van der Waals surface area (Å²) in [4.78, 5) is 27.6. The highest BCUT2D eigenvalue weighted by atomic mass is 16.5. The van der Waals surface area contributed by atoms with Crippen molar-refractivity contribution in [3.05, 3.63) is 53.1 Å². The molecule has 0 aromatic heterocycles. The van der Waals surface area contributed by atoms with Gasteiger partial charge >= 0.3 is 6.03 Å². The van der Waals surface area contributed by atoms with Crippen molar-refractivity contribution in [1.29, 1.82) is 0 Å². The standard InChI is InChI=1S/C23H28N2O4/c1-15-7-5-8-16(2)21(15)24-23(27)25-12-6-9-18(14-25)22(26)17-10-11-19(28-3)20(13-17)29-4/h5,7-8,10-11,13,18H,6,9,12,14H2,1-4H3,(H,24,27)/t18-/m1/s1. The Kier molecular flexibility index (Phi) is 6.42. The number of anilines is 1. The molecule has 0 unspecified atom stereocenters. The van der Waals surface area contributed by atoms with Gasteiger partial charge in [0, 0.05) is 30.3 Å². The highest BCUT2D eigenvalue weighted by molar-refractivity contribution is 5.99. The molecule has 2 amide bonds. The van der Waals surface area contributed by atoms with Gasteiger partial charge in [-0.2, -0.15) is 0 Å². The lowest BCUT2D eigenvalue weighted by atomic mass is 9.90. The van der Waals surface area contributed by atoms with Gasteiger partial charge in [-0.3, -0.25) is 4.79 Å². The van der Waals surface area contributed by atoms with Crippen molar-refractivity contribution in [2.24, 2.45) is 5.92 Å². The van der Waals surface area contributed by atoms with E-state index >= 15 is 0 Å². The second kappa shape index (κ2) is 8.99. The van der Waals surface area contributed by atoms with Crippen LogP contribution in [0.1, 0.15) is 34.3 Å². The molecule has 0 radical (unpaired) electrons. The summed E-state index contributed by atoms with van der Waals surface area (Å²) in [6, 6.07) is 11.0. The van der Waals surface area contributed by atoms with Crippen LogP contribution in [0.4, 0.5) is 10.5 Å². The lowest BCUT2D eigenvalue weighted by Gasteiger charge is -2.32. The van der Waals surface area contributed by atoms with E-state index in [9.17, 15) is 9.59 Å². The molecule has 1 fully saturated rings. The second-order valence-corrected chi connectivity index (χ2v) is 7.42. The van der Waals surface area contributed by atoms with Crippen molar-refractivity contribution in [2.75, 3.05) is 32.6 Å². The Bertz CT molecular complexity index is 889. The zero-order chi connectivity index (χ0) is 21.0. The van der Waals surface area contributed by atoms with Crippen molar-refractivity contribution < 1.29 is 19.1 Å². The van der Waals surface area contributed by atoms with Crippen LogP contribution in [0.3, 0.4) is 0 Å². The zero-order valence-corrected chi connectivity index (χ0v) is 17.5. The first kappa shape index (κ1) is 20.7. The Morgan fingerprint density at radius 2 is 1.72 bits per heavy atom. The van der Waals surface area contributed by atoms with Crippen LogP contribution in [0.25, 0.3) is 0 Å². The SMILES string of the molecule is COc1ccc(C(=O)[C@@H]2CCCN(C(=O)Nc3c(C)cccc3C)C2)cc1OC. The molecular weight excluding hydrogens is 368 g/mol. The van der Waals surface area contributed by atoms with Crippen molar-refractivity contribution in [3.63, 3.8) is 0 Å². The van der Waals surface area contributed by atoms with E-state index < -0.39 is 0 Å². The van der Waals surface area contributed by atoms with E-state index in [1.54, 1.807) is 37.3 Å². The zero-order valence-electron chi connectivity index (χ0n) is 17.5. The van der Waals surface area contributed by atoms with Gasteiger partial charge in [-0.25, -0.2) is 4.79 Å². The number of amides is 2. The van der Waals surface area contributed by atoms with Crippen molar-refractivity contribution in [2.45, 2.75) is 26.7 Å². The molecule has 1 N–H and O–H groups in total. The van der Waals surface area contributed by atoms with Crippen LogP contribution in [0.15, 0.2) is 36.4 Å². The molecule has 2 aromatic rings. The number of ketones is 1. The number of hydrogen-bond donors (Lipinski definition) is 1. The Morgan fingerprint density at radius 1 is 1.03 bits per heavy atom. The monoisotopic (exact) mass is 396 g/mol. The molecule has 29 heavy (non-hydrogen) atoms. The van der Waals surface area contributed by atoms with Crippen LogP contribution >= 0.6 is 0 Å². The first-order valence-electron chi connectivity index (χ1n) is 9.83. The minimum Gasteiger partial charge on any atom is -0.493 e. The minimum atomic E-state index is -0.231. The predicted molar refractivity (Wildman–Crippen MR) is 113 cm³/mol. The number of Topliss-reactive ketones (excluding diaryl/α,β-unsaturated/α-hetero) is 1. The molecule has 1 aliphatic rings. The number of ether oxygens (including phenoxy) is 2. The Morgan fingerprint density at radius 3 is 2.38 bits per heavy atom. The lowest BCUT2D eigenvalue weighted by Crippen LogP contribution is -2.44. The molecule has 1 heterocycles. The molecule has 2 aromatic carbocycles. The predicted octanol–water partition coefficient (Wildman–Crippen LogP) is 4.45. The smallest absolute Gasteiger partial charge is 0.321 e. The van der Waals surface area contributed by atoms with Crippen LogP contribution in [0, 0.1) is 19.8 Å². The molecule has 3 rings (SSSR count). The van der Waals surface area contributed by atoms with E-state index in [4.69, 9.17) is 9.47 Å². The van der Waals surface area contributed by atoms with Crippen LogP contribution in [-0.4, -0.2) is 44.0 Å². The van der Waals surface area contributed by atoms with Gasteiger partial charge in [-0.05, 0) is 56.0 Å². The van der Waals surface area contributed by atoms with E-state index in [0.29, 0.717) is 30.2 Å². The van der Waals surface area contributed by atoms with Crippen molar-refractivity contribution in [3.8, 4) is 11.5 Å². The molecule has 0 bridgehead atoms. The molecule has 1 aliphatic heterocycles. The number of piperidine rings is 1. The number of carbonyl (C=O) groups is 2. The van der Waals surface area contributed by atoms with Gasteiger partial charge in [0.05, 0.1) is 14.2 Å². The summed E-state index contributed by atoms with van der Waals surface area (Å²) in [5.74, 6) is 0.905. The number of hydrogen-bond acceptors (Lipinski definition) is 4. The van der Waals surface area contributed by atoms with Crippen LogP contribution < -0.4 is 14.8 Å². The number of rotatable bonds is 5. The van der Waals surface area contributed by atoms with E-state index in [1.165, 1.54) is 0 Å². The van der Waals surface area contributed by atoms with Crippen molar-refractivity contribution in [1.82, 2.24) is 4.90 Å². The number of urea groups is 1. The van der Waals surface area contributed by atoms with Crippen LogP contribution in [0.2, 0.25) is 0 Å². The average molecular weight is 396 g/mol. The molecule has 1 saturated heterocycles. The summed E-state index contributed by atoms with van der Waals surface area (Å²) >= 11 is 0. The summed E-state index contributed by atoms with van der Waals surface area (Å²) < 4.78 is 10.6. The van der Waals surface area contributed by atoms with E-state index in [2.05, 4.69) is 5.32 Å². The topological polar surface area (TPSA) is 67.9 Å². The number of methoxy groups -OCH3 is 2. The Labute approximate surface area is 171 Å². The van der Waals surface area contributed by atoms with Gasteiger partial charge in [-0.1, -0.05) is 18.2 Å². The summed E-state index contributed by atoms with van der Waals surface area (Å²) in [6.07, 6.45) is 1.56.